The average Bonchev–Trinajstić information content (AvgIpc) is 3.48. The van der Waals surface area contributed by atoms with Crippen molar-refractivity contribution in [1.82, 2.24) is 4.90 Å². The first-order valence-corrected chi connectivity index (χ1v) is 9.52. The van der Waals surface area contributed by atoms with E-state index in [9.17, 15) is 4.79 Å². The first-order chi connectivity index (χ1) is 11.8. The fourth-order valence-corrected chi connectivity index (χ4v) is 4.18. The minimum absolute atomic E-state index is 0.173. The monoisotopic (exact) mass is 328 g/mol. The maximum Gasteiger partial charge on any atom is 0.227 e. The molecule has 24 heavy (non-hydrogen) atoms. The standard InChI is InChI=1S/C20H28N2O2/c23-20(21-18-3-1-2-17(14-18)15-4-5-15)16-6-8-19(9-7-16)22-10-12-24-13-11-22/h1-3,14-16,19H,4-13H2,(H,21,23). The summed E-state index contributed by atoms with van der Waals surface area (Å²) in [5, 5.41) is 3.16. The Morgan fingerprint density at radius 3 is 2.50 bits per heavy atom. The number of anilines is 1. The topological polar surface area (TPSA) is 41.6 Å². The molecule has 130 valence electrons. The van der Waals surface area contributed by atoms with E-state index in [2.05, 4.69) is 28.4 Å². The average molecular weight is 328 g/mol. The van der Waals surface area contributed by atoms with Crippen molar-refractivity contribution in [3.63, 3.8) is 0 Å². The number of amides is 1. The highest BCUT2D eigenvalue weighted by Gasteiger charge is 2.30. The molecule has 1 aromatic carbocycles. The van der Waals surface area contributed by atoms with E-state index in [0.717, 1.165) is 63.6 Å². The lowest BCUT2D eigenvalue weighted by Gasteiger charge is -2.38. The minimum atomic E-state index is 0.173. The molecule has 0 aromatic heterocycles. The van der Waals surface area contributed by atoms with Crippen LogP contribution in [-0.4, -0.2) is 43.2 Å². The van der Waals surface area contributed by atoms with E-state index in [1.165, 1.54) is 18.4 Å². The molecule has 1 heterocycles. The smallest absolute Gasteiger partial charge is 0.227 e. The molecule has 1 aromatic rings. The van der Waals surface area contributed by atoms with Gasteiger partial charge in [-0.1, -0.05) is 12.1 Å². The fraction of sp³-hybridized carbons (Fsp3) is 0.650. The summed E-state index contributed by atoms with van der Waals surface area (Å²) in [7, 11) is 0. The van der Waals surface area contributed by atoms with Crippen LogP contribution < -0.4 is 5.32 Å². The summed E-state index contributed by atoms with van der Waals surface area (Å²) in [5.41, 5.74) is 2.35. The Bertz CT molecular complexity index is 571. The molecule has 3 aliphatic rings. The molecule has 0 bridgehead atoms. The molecule has 0 atom stereocenters. The van der Waals surface area contributed by atoms with Crippen LogP contribution in [-0.2, 0) is 9.53 Å². The number of benzene rings is 1. The lowest BCUT2D eigenvalue weighted by atomic mass is 9.84. The predicted octanol–water partition coefficient (Wildman–Crippen LogP) is 3.39. The van der Waals surface area contributed by atoms with E-state index in [4.69, 9.17) is 4.74 Å². The fourth-order valence-electron chi connectivity index (χ4n) is 4.18. The zero-order valence-electron chi connectivity index (χ0n) is 14.4. The number of ether oxygens (including phenoxy) is 1. The molecule has 0 radical (unpaired) electrons. The lowest BCUT2D eigenvalue weighted by Crippen LogP contribution is -2.45. The number of hydrogen-bond donors (Lipinski definition) is 1. The van der Waals surface area contributed by atoms with E-state index < -0.39 is 0 Å². The van der Waals surface area contributed by atoms with Crippen LogP contribution in [0, 0.1) is 5.92 Å². The molecule has 1 N–H and O–H groups in total. The zero-order chi connectivity index (χ0) is 16.4. The van der Waals surface area contributed by atoms with E-state index >= 15 is 0 Å². The quantitative estimate of drug-likeness (QED) is 0.921. The van der Waals surface area contributed by atoms with Crippen molar-refractivity contribution in [3.05, 3.63) is 29.8 Å². The van der Waals surface area contributed by atoms with Gasteiger partial charge in [-0.05, 0) is 62.1 Å². The summed E-state index contributed by atoms with van der Waals surface area (Å²) >= 11 is 0. The van der Waals surface area contributed by atoms with Crippen LogP contribution >= 0.6 is 0 Å². The van der Waals surface area contributed by atoms with Crippen molar-refractivity contribution in [3.8, 4) is 0 Å². The SMILES string of the molecule is O=C(Nc1cccc(C2CC2)c1)C1CCC(N2CCOCC2)CC1. The summed E-state index contributed by atoms with van der Waals surface area (Å²) in [5.74, 6) is 1.11. The Morgan fingerprint density at radius 1 is 1.04 bits per heavy atom. The molecule has 2 saturated carbocycles. The van der Waals surface area contributed by atoms with Gasteiger partial charge in [-0.15, -0.1) is 0 Å². The van der Waals surface area contributed by atoms with Crippen molar-refractivity contribution in [2.75, 3.05) is 31.6 Å². The number of nitrogens with zero attached hydrogens (tertiary/aromatic N) is 1. The molecule has 4 rings (SSSR count). The van der Waals surface area contributed by atoms with Crippen LogP contribution in [0.4, 0.5) is 5.69 Å². The Hall–Kier alpha value is -1.39. The highest BCUT2D eigenvalue weighted by atomic mass is 16.5. The van der Waals surface area contributed by atoms with Crippen molar-refractivity contribution in [1.29, 1.82) is 0 Å². The third-order valence-electron chi connectivity index (χ3n) is 5.83. The number of hydrogen-bond acceptors (Lipinski definition) is 3. The maximum absolute atomic E-state index is 12.6. The van der Waals surface area contributed by atoms with Gasteiger partial charge in [0, 0.05) is 30.7 Å². The second kappa shape index (κ2) is 7.24. The van der Waals surface area contributed by atoms with Gasteiger partial charge in [-0.3, -0.25) is 9.69 Å². The highest BCUT2D eigenvalue weighted by molar-refractivity contribution is 5.92. The van der Waals surface area contributed by atoms with Gasteiger partial charge in [0.15, 0.2) is 0 Å². The number of carbonyl (C=O) groups is 1. The van der Waals surface area contributed by atoms with Gasteiger partial charge >= 0.3 is 0 Å². The Kier molecular flexibility index (Phi) is 4.86. The second-order valence-corrected chi connectivity index (χ2v) is 7.54. The van der Waals surface area contributed by atoms with Gasteiger partial charge in [0.2, 0.25) is 5.91 Å². The summed E-state index contributed by atoms with van der Waals surface area (Å²) < 4.78 is 5.44. The maximum atomic E-state index is 12.6. The van der Waals surface area contributed by atoms with E-state index in [1.807, 2.05) is 6.07 Å². The second-order valence-electron chi connectivity index (χ2n) is 7.54. The molecule has 2 aliphatic carbocycles. The molecule has 0 unspecified atom stereocenters. The van der Waals surface area contributed by atoms with Crippen LogP contribution in [0.15, 0.2) is 24.3 Å². The van der Waals surface area contributed by atoms with Gasteiger partial charge in [-0.2, -0.15) is 0 Å². The Morgan fingerprint density at radius 2 is 1.79 bits per heavy atom. The van der Waals surface area contributed by atoms with Crippen molar-refractivity contribution < 1.29 is 9.53 Å². The summed E-state index contributed by atoms with van der Waals surface area (Å²) in [6, 6.07) is 9.08. The van der Waals surface area contributed by atoms with E-state index in [1.54, 1.807) is 0 Å². The molecular formula is C20H28N2O2. The van der Waals surface area contributed by atoms with Crippen LogP contribution in [0.5, 0.6) is 0 Å². The van der Waals surface area contributed by atoms with Gasteiger partial charge in [0.1, 0.15) is 0 Å². The van der Waals surface area contributed by atoms with E-state index in [-0.39, 0.29) is 11.8 Å². The molecule has 1 amide bonds. The third-order valence-corrected chi connectivity index (χ3v) is 5.83. The van der Waals surface area contributed by atoms with Gasteiger partial charge in [0.25, 0.3) is 0 Å². The molecule has 0 spiro atoms. The Balaban J connectivity index is 1.29. The largest absolute Gasteiger partial charge is 0.379 e. The first-order valence-electron chi connectivity index (χ1n) is 9.52. The first kappa shape index (κ1) is 16.1. The molecular weight excluding hydrogens is 300 g/mol. The molecule has 4 nitrogen and oxygen atoms in total. The van der Waals surface area contributed by atoms with Crippen LogP contribution in [0.3, 0.4) is 0 Å². The third kappa shape index (κ3) is 3.81. The molecule has 3 fully saturated rings. The van der Waals surface area contributed by atoms with Crippen LogP contribution in [0.1, 0.15) is 50.0 Å². The number of morpholine rings is 1. The van der Waals surface area contributed by atoms with Gasteiger partial charge < -0.3 is 10.1 Å². The normalized spacial score (nSPS) is 28.5. The number of nitrogens with one attached hydrogen (secondary N) is 1. The van der Waals surface area contributed by atoms with Crippen molar-refractivity contribution in [2.24, 2.45) is 5.92 Å². The zero-order valence-corrected chi connectivity index (χ0v) is 14.4. The predicted molar refractivity (Wildman–Crippen MR) is 95.2 cm³/mol. The molecule has 1 aliphatic heterocycles. The van der Waals surface area contributed by atoms with Gasteiger partial charge in [-0.25, -0.2) is 0 Å². The van der Waals surface area contributed by atoms with Crippen LogP contribution in [0.2, 0.25) is 0 Å². The minimum Gasteiger partial charge on any atom is -0.379 e. The molecule has 1 saturated heterocycles. The van der Waals surface area contributed by atoms with Crippen LogP contribution in [0.25, 0.3) is 0 Å². The highest BCUT2D eigenvalue weighted by Crippen LogP contribution is 2.40. The van der Waals surface area contributed by atoms with Gasteiger partial charge in [0.05, 0.1) is 13.2 Å². The number of carbonyl (C=O) groups excluding carboxylic acids is 1. The molecule has 4 heteroatoms. The van der Waals surface area contributed by atoms with E-state index in [0.29, 0.717) is 6.04 Å². The lowest BCUT2D eigenvalue weighted by molar-refractivity contribution is -0.121. The van der Waals surface area contributed by atoms with Crippen molar-refractivity contribution >= 4 is 11.6 Å². The summed E-state index contributed by atoms with van der Waals surface area (Å²) in [6.45, 7) is 3.82. The summed E-state index contributed by atoms with van der Waals surface area (Å²) in [6.07, 6.45) is 6.89. The number of rotatable bonds is 4. The summed E-state index contributed by atoms with van der Waals surface area (Å²) in [4.78, 5) is 15.2. The Labute approximate surface area is 144 Å². The van der Waals surface area contributed by atoms with Crippen molar-refractivity contribution in [2.45, 2.75) is 50.5 Å².